The van der Waals surface area contributed by atoms with E-state index >= 15 is 0 Å². The zero-order chi connectivity index (χ0) is 8.43. The second-order valence-corrected chi connectivity index (χ2v) is 3.88. The van der Waals surface area contributed by atoms with Crippen LogP contribution in [0.2, 0.25) is 0 Å². The molecule has 1 unspecified atom stereocenters. The largest absolute Gasteiger partial charge is 0.321 e. The smallest absolute Gasteiger partial charge is 0.150 e. The van der Waals surface area contributed by atoms with Crippen molar-refractivity contribution >= 4 is 5.78 Å². The fourth-order valence-electron chi connectivity index (χ4n) is 1.11. The van der Waals surface area contributed by atoms with Crippen molar-refractivity contribution in [3.63, 3.8) is 0 Å². The molecule has 0 aromatic heterocycles. The summed E-state index contributed by atoms with van der Waals surface area (Å²) in [7, 11) is 0. The number of carbonyl (C=O) groups excluding carboxylic acids is 1. The molecule has 0 spiro atoms. The summed E-state index contributed by atoms with van der Waals surface area (Å²) in [6.07, 6.45) is 3.19. The lowest BCUT2D eigenvalue weighted by Crippen LogP contribution is -2.35. The summed E-state index contributed by atoms with van der Waals surface area (Å²) >= 11 is 0. The van der Waals surface area contributed by atoms with Crippen LogP contribution in [0.5, 0.6) is 0 Å². The highest BCUT2D eigenvalue weighted by molar-refractivity contribution is 5.84. The minimum Gasteiger partial charge on any atom is -0.321 e. The lowest BCUT2D eigenvalue weighted by molar-refractivity contribution is -0.121. The molecule has 11 heavy (non-hydrogen) atoms. The molecule has 1 rings (SSSR count). The summed E-state index contributed by atoms with van der Waals surface area (Å²) in [4.78, 5) is 11.3. The first-order valence-electron chi connectivity index (χ1n) is 4.39. The van der Waals surface area contributed by atoms with Crippen LogP contribution in [-0.2, 0) is 4.79 Å². The van der Waals surface area contributed by atoms with E-state index in [-0.39, 0.29) is 11.8 Å². The molecule has 1 saturated carbocycles. The van der Waals surface area contributed by atoms with Crippen LogP contribution in [0.15, 0.2) is 0 Å². The standard InChI is InChI=1S/C9H17NO/c1-6(2)9(10)8(11)5-7-3-4-7/h6-7,9H,3-5,10H2,1-2H3. The second-order valence-electron chi connectivity index (χ2n) is 3.88. The minimum atomic E-state index is -0.226. The molecule has 1 atom stereocenters. The van der Waals surface area contributed by atoms with Crippen LogP contribution in [0.1, 0.15) is 33.1 Å². The van der Waals surface area contributed by atoms with Gasteiger partial charge in [0.25, 0.3) is 0 Å². The molecule has 0 aromatic carbocycles. The monoisotopic (exact) mass is 155 g/mol. The summed E-state index contributed by atoms with van der Waals surface area (Å²) in [6, 6.07) is -0.226. The molecule has 0 saturated heterocycles. The highest BCUT2D eigenvalue weighted by Gasteiger charge is 2.27. The van der Waals surface area contributed by atoms with Crippen molar-refractivity contribution in [2.75, 3.05) is 0 Å². The molecule has 0 radical (unpaired) electrons. The van der Waals surface area contributed by atoms with E-state index in [0.717, 1.165) is 6.42 Å². The van der Waals surface area contributed by atoms with Crippen molar-refractivity contribution in [2.24, 2.45) is 17.6 Å². The predicted octanol–water partition coefficient (Wildman–Crippen LogP) is 1.34. The Labute approximate surface area is 68.2 Å². The lowest BCUT2D eigenvalue weighted by Gasteiger charge is -2.13. The first-order chi connectivity index (χ1) is 5.11. The third kappa shape index (κ3) is 2.62. The first-order valence-corrected chi connectivity index (χ1v) is 4.39. The van der Waals surface area contributed by atoms with Crippen molar-refractivity contribution in [1.82, 2.24) is 0 Å². The van der Waals surface area contributed by atoms with Crippen LogP contribution in [0.3, 0.4) is 0 Å². The van der Waals surface area contributed by atoms with Gasteiger partial charge in [-0.3, -0.25) is 4.79 Å². The third-order valence-corrected chi connectivity index (χ3v) is 2.28. The maximum Gasteiger partial charge on any atom is 0.150 e. The Morgan fingerprint density at radius 1 is 1.55 bits per heavy atom. The van der Waals surface area contributed by atoms with Gasteiger partial charge in [0, 0.05) is 6.42 Å². The fourth-order valence-corrected chi connectivity index (χ4v) is 1.11. The van der Waals surface area contributed by atoms with Gasteiger partial charge in [0.15, 0.2) is 0 Å². The van der Waals surface area contributed by atoms with Gasteiger partial charge in [0.2, 0.25) is 0 Å². The van der Waals surface area contributed by atoms with Gasteiger partial charge >= 0.3 is 0 Å². The number of Topliss-reactive ketones (excluding diaryl/α,β-unsaturated/α-hetero) is 1. The van der Waals surface area contributed by atoms with Crippen LogP contribution in [0.25, 0.3) is 0 Å². The Bertz CT molecular complexity index is 150. The molecule has 1 aliphatic rings. The van der Waals surface area contributed by atoms with Gasteiger partial charge in [0.05, 0.1) is 6.04 Å². The molecule has 2 nitrogen and oxygen atoms in total. The normalized spacial score (nSPS) is 20.4. The molecule has 0 amide bonds. The van der Waals surface area contributed by atoms with Gasteiger partial charge in [-0.1, -0.05) is 13.8 Å². The number of hydrogen-bond acceptors (Lipinski definition) is 2. The number of ketones is 1. The quantitative estimate of drug-likeness (QED) is 0.665. The van der Waals surface area contributed by atoms with Gasteiger partial charge in [-0.15, -0.1) is 0 Å². The zero-order valence-electron chi connectivity index (χ0n) is 7.34. The average molecular weight is 155 g/mol. The Morgan fingerprint density at radius 2 is 2.09 bits per heavy atom. The number of rotatable bonds is 4. The molecular formula is C9H17NO. The van der Waals surface area contributed by atoms with E-state index < -0.39 is 0 Å². The van der Waals surface area contributed by atoms with Crippen LogP contribution in [0.4, 0.5) is 0 Å². The van der Waals surface area contributed by atoms with Crippen molar-refractivity contribution in [3.05, 3.63) is 0 Å². The Balaban J connectivity index is 2.26. The summed E-state index contributed by atoms with van der Waals surface area (Å²) < 4.78 is 0. The molecule has 0 aliphatic heterocycles. The van der Waals surface area contributed by atoms with E-state index in [0.29, 0.717) is 11.8 Å². The highest BCUT2D eigenvalue weighted by Crippen LogP contribution is 2.33. The molecule has 0 aromatic rings. The average Bonchev–Trinajstić information content (AvgIpc) is 2.69. The van der Waals surface area contributed by atoms with Crippen LogP contribution >= 0.6 is 0 Å². The first kappa shape index (κ1) is 8.72. The maximum absolute atomic E-state index is 11.3. The van der Waals surface area contributed by atoms with Crippen LogP contribution < -0.4 is 5.73 Å². The Morgan fingerprint density at radius 3 is 2.45 bits per heavy atom. The third-order valence-electron chi connectivity index (χ3n) is 2.28. The molecule has 1 fully saturated rings. The minimum absolute atomic E-state index is 0.226. The summed E-state index contributed by atoms with van der Waals surface area (Å²) in [5.41, 5.74) is 5.69. The van der Waals surface area contributed by atoms with Crippen molar-refractivity contribution in [2.45, 2.75) is 39.2 Å². The van der Waals surface area contributed by atoms with E-state index in [4.69, 9.17) is 5.73 Å². The van der Waals surface area contributed by atoms with Crippen LogP contribution in [-0.4, -0.2) is 11.8 Å². The van der Waals surface area contributed by atoms with Gasteiger partial charge < -0.3 is 5.73 Å². The Kier molecular flexibility index (Phi) is 2.66. The van der Waals surface area contributed by atoms with Gasteiger partial charge in [-0.25, -0.2) is 0 Å². The van der Waals surface area contributed by atoms with E-state index in [9.17, 15) is 4.79 Å². The van der Waals surface area contributed by atoms with E-state index in [1.807, 2.05) is 13.8 Å². The summed E-state index contributed by atoms with van der Waals surface area (Å²) in [5, 5.41) is 0. The predicted molar refractivity (Wildman–Crippen MR) is 45.2 cm³/mol. The second kappa shape index (κ2) is 3.35. The van der Waals surface area contributed by atoms with Crippen molar-refractivity contribution < 1.29 is 4.79 Å². The number of nitrogens with two attached hydrogens (primary N) is 1. The van der Waals surface area contributed by atoms with Crippen molar-refractivity contribution in [3.8, 4) is 0 Å². The number of carbonyl (C=O) groups is 1. The van der Waals surface area contributed by atoms with E-state index in [2.05, 4.69) is 0 Å². The van der Waals surface area contributed by atoms with Crippen molar-refractivity contribution in [1.29, 1.82) is 0 Å². The van der Waals surface area contributed by atoms with E-state index in [1.54, 1.807) is 0 Å². The molecule has 2 N–H and O–H groups in total. The molecule has 1 aliphatic carbocycles. The highest BCUT2D eigenvalue weighted by atomic mass is 16.1. The van der Waals surface area contributed by atoms with Gasteiger partial charge in [-0.05, 0) is 24.7 Å². The maximum atomic E-state index is 11.3. The summed E-state index contributed by atoms with van der Waals surface area (Å²) in [6.45, 7) is 3.99. The lowest BCUT2D eigenvalue weighted by atomic mass is 9.98. The molecule has 2 heteroatoms. The van der Waals surface area contributed by atoms with Gasteiger partial charge in [-0.2, -0.15) is 0 Å². The molecule has 64 valence electrons. The van der Waals surface area contributed by atoms with E-state index in [1.165, 1.54) is 12.8 Å². The van der Waals surface area contributed by atoms with Crippen LogP contribution in [0, 0.1) is 11.8 Å². The molecule has 0 heterocycles. The molecular weight excluding hydrogens is 138 g/mol. The fraction of sp³-hybridized carbons (Fsp3) is 0.889. The molecule has 0 bridgehead atoms. The summed E-state index contributed by atoms with van der Waals surface area (Å²) in [5.74, 6) is 1.22. The number of hydrogen-bond donors (Lipinski definition) is 1. The Hall–Kier alpha value is -0.370. The topological polar surface area (TPSA) is 43.1 Å². The van der Waals surface area contributed by atoms with Gasteiger partial charge in [0.1, 0.15) is 5.78 Å². The zero-order valence-corrected chi connectivity index (χ0v) is 7.34. The SMILES string of the molecule is CC(C)C(N)C(=O)CC1CC1.